The number of carbonyl (C=O) groups excluding carboxylic acids is 4. The zero-order valence-electron chi connectivity index (χ0n) is 37.9. The highest BCUT2D eigenvalue weighted by atomic mass is 16.6. The fourth-order valence-corrected chi connectivity index (χ4v) is 12.2. The first-order valence-electron chi connectivity index (χ1n) is 23.3. The van der Waals surface area contributed by atoms with Crippen molar-refractivity contribution >= 4 is 24.0 Å². The maximum absolute atomic E-state index is 12.9. The third-order valence-corrected chi connectivity index (χ3v) is 15.4. The number of hydrogen-bond acceptors (Lipinski definition) is 10. The number of benzene rings is 2. The van der Waals surface area contributed by atoms with Gasteiger partial charge < -0.3 is 34.9 Å². The van der Waals surface area contributed by atoms with E-state index in [1.54, 1.807) is 0 Å². The Kier molecular flexibility index (Phi) is 15.6. The molecule has 1 amide bonds. The topological polar surface area (TPSA) is 141 Å². The molecule has 3 N–H and O–H groups in total. The molecule has 4 aliphatic carbocycles. The molecule has 0 heterocycles. The minimum Gasteiger partial charge on any atom is -0.469 e. The molecule has 0 aliphatic heterocycles. The summed E-state index contributed by atoms with van der Waals surface area (Å²) in [4.78, 5) is 51.2. The van der Waals surface area contributed by atoms with Gasteiger partial charge in [0.25, 0.3) is 0 Å². The maximum Gasteiger partial charge on any atom is 0.412 e. The van der Waals surface area contributed by atoms with Gasteiger partial charge >= 0.3 is 24.0 Å². The second-order valence-electron chi connectivity index (χ2n) is 19.3. The fraction of sp³-hybridized carbons (Fsp3) is 0.680. The molecule has 2 aromatic rings. The lowest BCUT2D eigenvalue weighted by atomic mass is 9.50. The SMILES string of the molecule is COC(=O)[C@@]1(C)CCC[C@]2(C)c3cc(OC(=O)CCCNCCCCCCNCCCNC(=O)Oc4ccc5c(c4)[C@@]4(C)CCC[C@](C)(C(=O)OC)[C@@H]4CC5)ccc3CC[C@@H]12. The third-order valence-electron chi connectivity index (χ3n) is 15.4. The van der Waals surface area contributed by atoms with E-state index in [0.29, 0.717) is 24.5 Å². The number of esters is 3. The summed E-state index contributed by atoms with van der Waals surface area (Å²) < 4.78 is 22.1. The number of amides is 1. The Bertz CT molecular complexity index is 1740. The van der Waals surface area contributed by atoms with E-state index >= 15 is 0 Å². The van der Waals surface area contributed by atoms with E-state index in [0.717, 1.165) is 129 Å². The van der Waals surface area contributed by atoms with Gasteiger partial charge in [-0.05, 0) is 186 Å². The van der Waals surface area contributed by atoms with E-state index in [2.05, 4.69) is 61.8 Å². The van der Waals surface area contributed by atoms with E-state index in [1.807, 2.05) is 18.2 Å². The van der Waals surface area contributed by atoms with Crippen molar-refractivity contribution in [3.05, 3.63) is 58.7 Å². The molecule has 336 valence electrons. The molecule has 0 bridgehead atoms. The zero-order valence-corrected chi connectivity index (χ0v) is 37.9. The molecule has 0 aromatic heterocycles. The van der Waals surface area contributed by atoms with Crippen molar-refractivity contribution < 1.29 is 38.1 Å². The molecule has 2 aromatic carbocycles. The number of ether oxygens (including phenoxy) is 4. The zero-order chi connectivity index (χ0) is 43.7. The fourth-order valence-electron chi connectivity index (χ4n) is 12.2. The molecule has 4 aliphatic rings. The van der Waals surface area contributed by atoms with E-state index in [-0.39, 0.29) is 40.6 Å². The van der Waals surface area contributed by atoms with Crippen molar-refractivity contribution in [3.63, 3.8) is 0 Å². The lowest BCUT2D eigenvalue weighted by Crippen LogP contribution is -2.52. The van der Waals surface area contributed by atoms with Gasteiger partial charge in [0.15, 0.2) is 0 Å². The number of nitrogens with one attached hydrogen (secondary N) is 3. The average molecular weight is 844 g/mol. The van der Waals surface area contributed by atoms with Crippen molar-refractivity contribution in [1.82, 2.24) is 16.0 Å². The van der Waals surface area contributed by atoms with Crippen LogP contribution >= 0.6 is 0 Å². The largest absolute Gasteiger partial charge is 0.469 e. The Morgan fingerprint density at radius 1 is 0.590 bits per heavy atom. The maximum atomic E-state index is 12.9. The van der Waals surface area contributed by atoms with Gasteiger partial charge in [0.2, 0.25) is 0 Å². The summed E-state index contributed by atoms with van der Waals surface area (Å²) >= 11 is 0. The molecule has 6 atom stereocenters. The number of fused-ring (bicyclic) bond motifs is 6. The van der Waals surface area contributed by atoms with E-state index in [9.17, 15) is 19.2 Å². The summed E-state index contributed by atoms with van der Waals surface area (Å²) in [6, 6.07) is 12.1. The number of hydrogen-bond donors (Lipinski definition) is 3. The monoisotopic (exact) mass is 844 g/mol. The highest BCUT2D eigenvalue weighted by Crippen LogP contribution is 2.59. The molecule has 11 nitrogen and oxygen atoms in total. The van der Waals surface area contributed by atoms with Crippen LogP contribution in [0.15, 0.2) is 36.4 Å². The van der Waals surface area contributed by atoms with Crippen LogP contribution in [0.5, 0.6) is 11.5 Å². The molecule has 2 saturated carbocycles. The Balaban J connectivity index is 0.783. The number of unbranched alkanes of at least 4 members (excludes halogenated alkanes) is 3. The van der Waals surface area contributed by atoms with E-state index in [4.69, 9.17) is 18.9 Å². The van der Waals surface area contributed by atoms with Crippen molar-refractivity contribution in [2.45, 2.75) is 148 Å². The van der Waals surface area contributed by atoms with Crippen molar-refractivity contribution in [2.24, 2.45) is 22.7 Å². The quantitative estimate of drug-likeness (QED) is 0.0715. The average Bonchev–Trinajstić information content (AvgIpc) is 3.24. The Labute approximate surface area is 364 Å². The lowest BCUT2D eigenvalue weighted by molar-refractivity contribution is -0.162. The van der Waals surface area contributed by atoms with Crippen molar-refractivity contribution in [1.29, 1.82) is 0 Å². The van der Waals surface area contributed by atoms with Crippen LogP contribution in [0.2, 0.25) is 0 Å². The summed E-state index contributed by atoms with van der Waals surface area (Å²) in [7, 11) is 2.98. The number of rotatable bonds is 19. The van der Waals surface area contributed by atoms with Crippen LogP contribution in [0.4, 0.5) is 4.79 Å². The smallest absolute Gasteiger partial charge is 0.412 e. The van der Waals surface area contributed by atoms with Crippen LogP contribution in [0.25, 0.3) is 0 Å². The van der Waals surface area contributed by atoms with Gasteiger partial charge in [0.05, 0.1) is 25.0 Å². The van der Waals surface area contributed by atoms with Crippen LogP contribution in [0.3, 0.4) is 0 Å². The Hall–Kier alpha value is -3.96. The standard InChI is InChI=1S/C50H73N3O8/c1-47-24-12-26-49(3,44(55)58-5)41(47)22-18-35-16-20-37(33-39(35)47)60-43(54)15-11-30-51-28-9-7-8-10-29-52-31-14-32-53-46(57)61-38-21-17-36-19-23-42-48(2,40(36)34-38)25-13-27-50(42,4)45(56)59-6/h16-17,20-21,33-34,41-42,51-52H,7-15,18-19,22-32H2,1-6H3,(H,53,57)/t41-,42-,47-,48-,49+,50+/m1/s1. The molecule has 0 radical (unpaired) electrons. The first-order chi connectivity index (χ1) is 29.3. The predicted molar refractivity (Wildman–Crippen MR) is 237 cm³/mol. The molecule has 61 heavy (non-hydrogen) atoms. The minimum absolute atomic E-state index is 0.112. The van der Waals surface area contributed by atoms with Crippen molar-refractivity contribution in [2.75, 3.05) is 46.9 Å². The first kappa shape index (κ1) is 46.5. The summed E-state index contributed by atoms with van der Waals surface area (Å²) in [6.45, 7) is 12.7. The number of methoxy groups -OCH3 is 2. The van der Waals surface area contributed by atoms with Crippen LogP contribution in [-0.4, -0.2) is 70.9 Å². The van der Waals surface area contributed by atoms with Crippen LogP contribution < -0.4 is 25.4 Å². The summed E-state index contributed by atoms with van der Waals surface area (Å²) in [6.07, 6.45) is 15.3. The second-order valence-corrected chi connectivity index (χ2v) is 19.3. The van der Waals surface area contributed by atoms with Crippen LogP contribution in [0.1, 0.15) is 146 Å². The summed E-state index contributed by atoms with van der Waals surface area (Å²) in [5.41, 5.74) is 3.65. The predicted octanol–water partition coefficient (Wildman–Crippen LogP) is 8.66. The first-order valence-corrected chi connectivity index (χ1v) is 23.3. The molecule has 0 unspecified atom stereocenters. The molecular weight excluding hydrogens is 771 g/mol. The molecule has 0 saturated heterocycles. The molecular formula is C50H73N3O8. The second kappa shape index (κ2) is 20.5. The number of carbonyl (C=O) groups is 4. The Morgan fingerprint density at radius 2 is 1.07 bits per heavy atom. The van der Waals surface area contributed by atoms with Gasteiger partial charge in [-0.15, -0.1) is 0 Å². The van der Waals surface area contributed by atoms with Gasteiger partial charge in [-0.3, -0.25) is 14.4 Å². The van der Waals surface area contributed by atoms with E-state index in [1.165, 1.54) is 36.5 Å². The van der Waals surface area contributed by atoms with Gasteiger partial charge in [0.1, 0.15) is 11.5 Å². The van der Waals surface area contributed by atoms with E-state index < -0.39 is 16.9 Å². The third kappa shape index (κ3) is 10.3. The molecule has 2 fully saturated rings. The van der Waals surface area contributed by atoms with Gasteiger partial charge in [0, 0.05) is 13.0 Å². The summed E-state index contributed by atoms with van der Waals surface area (Å²) in [5, 5.41) is 9.83. The van der Waals surface area contributed by atoms with Gasteiger partial charge in [-0.2, -0.15) is 0 Å². The lowest BCUT2D eigenvalue weighted by Gasteiger charge is -2.54. The van der Waals surface area contributed by atoms with Crippen molar-refractivity contribution in [3.8, 4) is 11.5 Å². The number of aryl methyl sites for hydroxylation is 2. The highest BCUT2D eigenvalue weighted by Gasteiger charge is 2.57. The molecule has 0 spiro atoms. The Morgan fingerprint density at radius 3 is 1.57 bits per heavy atom. The molecule has 11 heteroatoms. The van der Waals surface area contributed by atoms with Gasteiger partial charge in [-0.1, -0.05) is 51.7 Å². The normalized spacial score (nSPS) is 27.6. The summed E-state index contributed by atoms with van der Waals surface area (Å²) in [5.74, 6) is 1.07. The van der Waals surface area contributed by atoms with Crippen LogP contribution in [0, 0.1) is 22.7 Å². The van der Waals surface area contributed by atoms with Gasteiger partial charge in [-0.25, -0.2) is 4.79 Å². The minimum atomic E-state index is -0.507. The highest BCUT2D eigenvalue weighted by molar-refractivity contribution is 5.78. The molecule has 6 rings (SSSR count). The van der Waals surface area contributed by atoms with Crippen LogP contribution in [-0.2, 0) is 47.5 Å².